The molecule has 0 bridgehead atoms. The van der Waals surface area contributed by atoms with Crippen LogP contribution in [0.15, 0.2) is 0 Å². The number of nitrogens with one attached hydrogen (secondary N) is 1. The van der Waals surface area contributed by atoms with E-state index in [0.717, 1.165) is 49.5 Å². The highest BCUT2D eigenvalue weighted by molar-refractivity contribution is 5.31. The highest BCUT2D eigenvalue weighted by Crippen LogP contribution is 2.60. The van der Waals surface area contributed by atoms with E-state index in [1.165, 1.54) is 25.7 Å². The molecular weight excluding hydrogens is 262 g/mol. The fourth-order valence-electron chi connectivity index (χ4n) is 4.58. The highest BCUT2D eigenvalue weighted by Gasteiger charge is 2.53. The molecule has 1 aromatic rings. The molecule has 0 spiro atoms. The van der Waals surface area contributed by atoms with E-state index in [4.69, 9.17) is 10.7 Å². The Labute approximate surface area is 126 Å². The van der Waals surface area contributed by atoms with Crippen molar-refractivity contribution in [3.05, 3.63) is 5.82 Å². The van der Waals surface area contributed by atoms with Gasteiger partial charge in [0, 0.05) is 25.0 Å². The Bertz CT molecular complexity index is 477. The smallest absolute Gasteiger partial charge is 0.244 e. The first-order chi connectivity index (χ1) is 10.2. The Morgan fingerprint density at radius 1 is 1.14 bits per heavy atom. The standard InChI is InChI=1S/C16H27N5/c1-10(17)11-6-8-21(9-7-11)16-18-15(19-20-16)14-12-4-2-3-5-13(12)14/h10-14H,2-9,17H2,1H3,(H,18,19,20). The molecular formula is C16H27N5. The third kappa shape index (κ3) is 2.45. The number of hydrogen-bond acceptors (Lipinski definition) is 4. The van der Waals surface area contributed by atoms with Crippen LogP contribution in [0.3, 0.4) is 0 Å². The van der Waals surface area contributed by atoms with Gasteiger partial charge in [-0.2, -0.15) is 4.98 Å². The molecule has 3 N–H and O–H groups in total. The van der Waals surface area contributed by atoms with Gasteiger partial charge in [-0.25, -0.2) is 0 Å². The van der Waals surface area contributed by atoms with Crippen LogP contribution in [0.2, 0.25) is 0 Å². The minimum absolute atomic E-state index is 0.310. The van der Waals surface area contributed by atoms with E-state index in [0.29, 0.717) is 17.9 Å². The second-order valence-electron chi connectivity index (χ2n) is 7.34. The van der Waals surface area contributed by atoms with Gasteiger partial charge in [-0.1, -0.05) is 12.8 Å². The van der Waals surface area contributed by atoms with Crippen molar-refractivity contribution in [3.63, 3.8) is 0 Å². The molecule has 3 atom stereocenters. The molecule has 1 aliphatic heterocycles. The number of hydrogen-bond donors (Lipinski definition) is 2. The maximum atomic E-state index is 6.01. The molecule has 21 heavy (non-hydrogen) atoms. The summed E-state index contributed by atoms with van der Waals surface area (Å²) in [4.78, 5) is 7.14. The molecule has 0 radical (unpaired) electrons. The van der Waals surface area contributed by atoms with Crippen molar-refractivity contribution < 1.29 is 0 Å². The first-order valence-electron chi connectivity index (χ1n) is 8.67. The average Bonchev–Trinajstić information content (AvgIpc) is 3.04. The molecule has 0 aromatic carbocycles. The first kappa shape index (κ1) is 13.6. The molecule has 4 rings (SSSR count). The van der Waals surface area contributed by atoms with Crippen LogP contribution in [0.4, 0.5) is 5.95 Å². The van der Waals surface area contributed by atoms with Crippen molar-refractivity contribution in [2.45, 2.75) is 57.4 Å². The molecule has 3 fully saturated rings. The molecule has 5 nitrogen and oxygen atoms in total. The van der Waals surface area contributed by atoms with Gasteiger partial charge in [0.25, 0.3) is 0 Å². The van der Waals surface area contributed by atoms with E-state index in [2.05, 4.69) is 22.0 Å². The summed E-state index contributed by atoms with van der Waals surface area (Å²) in [5, 5.41) is 7.72. The summed E-state index contributed by atoms with van der Waals surface area (Å²) in [6.07, 6.45) is 7.93. The van der Waals surface area contributed by atoms with Gasteiger partial charge < -0.3 is 10.6 Å². The SMILES string of the molecule is CC(N)C1CCN(c2n[nH]c(C3C4CCCCC43)n2)CC1. The lowest BCUT2D eigenvalue weighted by molar-refractivity contribution is 0.352. The zero-order chi connectivity index (χ0) is 14.4. The molecule has 2 aliphatic carbocycles. The Kier molecular flexibility index (Phi) is 3.40. The maximum absolute atomic E-state index is 6.01. The second kappa shape index (κ2) is 5.27. The zero-order valence-electron chi connectivity index (χ0n) is 13.0. The summed E-state index contributed by atoms with van der Waals surface area (Å²) < 4.78 is 0. The van der Waals surface area contributed by atoms with E-state index in [9.17, 15) is 0 Å². The maximum Gasteiger partial charge on any atom is 0.244 e. The number of aromatic nitrogens is 3. The number of nitrogens with two attached hydrogens (primary N) is 1. The first-order valence-corrected chi connectivity index (χ1v) is 8.67. The minimum atomic E-state index is 0.310. The van der Waals surface area contributed by atoms with Crippen LogP contribution in [0, 0.1) is 17.8 Å². The molecule has 3 unspecified atom stereocenters. The van der Waals surface area contributed by atoms with Gasteiger partial charge in [-0.15, -0.1) is 5.10 Å². The van der Waals surface area contributed by atoms with Crippen molar-refractivity contribution in [1.82, 2.24) is 15.2 Å². The van der Waals surface area contributed by atoms with Gasteiger partial charge in [0.1, 0.15) is 5.82 Å². The Morgan fingerprint density at radius 3 is 2.43 bits per heavy atom. The predicted octanol–water partition coefficient (Wildman–Crippen LogP) is 2.27. The molecule has 1 saturated heterocycles. The van der Waals surface area contributed by atoms with E-state index < -0.39 is 0 Å². The summed E-state index contributed by atoms with van der Waals surface area (Å²) >= 11 is 0. The van der Waals surface area contributed by atoms with Crippen molar-refractivity contribution in [3.8, 4) is 0 Å². The van der Waals surface area contributed by atoms with E-state index in [-0.39, 0.29) is 0 Å². The number of anilines is 1. The number of piperidine rings is 1. The van der Waals surface area contributed by atoms with Crippen LogP contribution >= 0.6 is 0 Å². The fourth-order valence-corrected chi connectivity index (χ4v) is 4.58. The van der Waals surface area contributed by atoms with E-state index in [1.54, 1.807) is 0 Å². The normalized spacial score (nSPS) is 34.6. The van der Waals surface area contributed by atoms with Crippen molar-refractivity contribution in [1.29, 1.82) is 0 Å². The molecule has 2 saturated carbocycles. The highest BCUT2D eigenvalue weighted by atomic mass is 15.4. The zero-order valence-corrected chi connectivity index (χ0v) is 13.0. The van der Waals surface area contributed by atoms with Crippen LogP contribution in [0.5, 0.6) is 0 Å². The van der Waals surface area contributed by atoms with E-state index in [1.807, 2.05) is 0 Å². The third-order valence-electron chi connectivity index (χ3n) is 6.03. The number of fused-ring (bicyclic) bond motifs is 1. The van der Waals surface area contributed by atoms with Crippen LogP contribution < -0.4 is 10.6 Å². The van der Waals surface area contributed by atoms with Crippen LogP contribution in [-0.4, -0.2) is 34.3 Å². The van der Waals surface area contributed by atoms with Crippen LogP contribution in [-0.2, 0) is 0 Å². The Morgan fingerprint density at radius 2 is 1.81 bits per heavy atom. The largest absolute Gasteiger partial charge is 0.340 e. The van der Waals surface area contributed by atoms with Crippen LogP contribution in [0.25, 0.3) is 0 Å². The quantitative estimate of drug-likeness (QED) is 0.895. The summed E-state index contributed by atoms with van der Waals surface area (Å²) in [5.41, 5.74) is 6.01. The number of aromatic amines is 1. The van der Waals surface area contributed by atoms with Crippen molar-refractivity contribution >= 4 is 5.95 Å². The topological polar surface area (TPSA) is 70.8 Å². The second-order valence-corrected chi connectivity index (χ2v) is 7.34. The van der Waals surface area contributed by atoms with Gasteiger partial charge in [-0.3, -0.25) is 5.10 Å². The summed E-state index contributed by atoms with van der Waals surface area (Å²) in [7, 11) is 0. The molecule has 0 amide bonds. The lowest BCUT2D eigenvalue weighted by Crippen LogP contribution is -2.40. The lowest BCUT2D eigenvalue weighted by atomic mass is 9.91. The van der Waals surface area contributed by atoms with Gasteiger partial charge in [-0.05, 0) is 50.4 Å². The lowest BCUT2D eigenvalue weighted by Gasteiger charge is -2.32. The fraction of sp³-hybridized carbons (Fsp3) is 0.875. The Hall–Kier alpha value is -1.10. The van der Waals surface area contributed by atoms with E-state index >= 15 is 0 Å². The van der Waals surface area contributed by atoms with Gasteiger partial charge in [0.05, 0.1) is 0 Å². The van der Waals surface area contributed by atoms with Crippen molar-refractivity contribution in [2.75, 3.05) is 18.0 Å². The van der Waals surface area contributed by atoms with Gasteiger partial charge >= 0.3 is 0 Å². The third-order valence-corrected chi connectivity index (χ3v) is 6.03. The van der Waals surface area contributed by atoms with Crippen LogP contribution in [0.1, 0.15) is 57.2 Å². The van der Waals surface area contributed by atoms with Gasteiger partial charge in [0.2, 0.25) is 5.95 Å². The predicted molar refractivity (Wildman–Crippen MR) is 83.2 cm³/mol. The Balaban J connectivity index is 1.39. The molecule has 3 aliphatic rings. The summed E-state index contributed by atoms with van der Waals surface area (Å²) in [6.45, 7) is 4.21. The molecule has 1 aromatic heterocycles. The van der Waals surface area contributed by atoms with Gasteiger partial charge in [0.15, 0.2) is 0 Å². The minimum Gasteiger partial charge on any atom is -0.340 e. The molecule has 5 heteroatoms. The monoisotopic (exact) mass is 289 g/mol. The average molecular weight is 289 g/mol. The number of H-pyrrole nitrogens is 1. The molecule has 116 valence electrons. The summed E-state index contributed by atoms with van der Waals surface area (Å²) in [5.74, 6) is 5.18. The van der Waals surface area contributed by atoms with Crippen molar-refractivity contribution in [2.24, 2.45) is 23.5 Å². The number of nitrogens with zero attached hydrogens (tertiary/aromatic N) is 3. The molecule has 2 heterocycles. The number of rotatable bonds is 3. The summed E-state index contributed by atoms with van der Waals surface area (Å²) in [6, 6.07) is 0.310.